The van der Waals surface area contributed by atoms with E-state index in [0.29, 0.717) is 9.49 Å². The minimum atomic E-state index is 0.305. The number of hydrogen-bond donors (Lipinski definition) is 0. The van der Waals surface area contributed by atoms with Crippen LogP contribution in [0.2, 0.25) is 0 Å². The van der Waals surface area contributed by atoms with Crippen molar-refractivity contribution < 1.29 is 0 Å². The molecule has 1 fully saturated rings. The van der Waals surface area contributed by atoms with Crippen molar-refractivity contribution in [1.29, 1.82) is 0 Å². The molecule has 0 spiro atoms. The monoisotopic (exact) mass is 282 g/mol. The summed E-state index contributed by atoms with van der Waals surface area (Å²) >= 11 is 4.22. The van der Waals surface area contributed by atoms with Crippen LogP contribution in [0.5, 0.6) is 0 Å². The van der Waals surface area contributed by atoms with Crippen molar-refractivity contribution in [3.63, 3.8) is 0 Å². The van der Waals surface area contributed by atoms with Gasteiger partial charge < -0.3 is 0 Å². The van der Waals surface area contributed by atoms with Crippen molar-refractivity contribution in [1.82, 2.24) is 0 Å². The first-order valence-electron chi connectivity index (χ1n) is 7.10. The summed E-state index contributed by atoms with van der Waals surface area (Å²) in [7, 11) is 0. The van der Waals surface area contributed by atoms with Gasteiger partial charge in [-0.05, 0) is 62.0 Å². The molecule has 0 aromatic carbocycles. The van der Waals surface area contributed by atoms with Crippen LogP contribution in [0.4, 0.5) is 0 Å². The van der Waals surface area contributed by atoms with Crippen LogP contribution in [-0.4, -0.2) is 15.6 Å². The molecule has 2 heteroatoms. The van der Waals surface area contributed by atoms with Gasteiger partial charge in [-0.1, -0.05) is 31.6 Å². The molecule has 0 aromatic rings. The molecule has 1 aliphatic heterocycles. The summed E-state index contributed by atoms with van der Waals surface area (Å²) in [6.45, 7) is 9.51. The first-order chi connectivity index (χ1) is 8.43. The standard InChI is InChI=1S/C16H26S2/c1-13-7-5-9-15(2,3)14(13)8-10-16(4)17-11-6-12-18-16/h8,10H,5-7,9,11-12H2,1-4H3/b10-8+. The SMILES string of the molecule is CC1=C(/C=C/C2(C)SCCCS2)C(C)(C)CCC1. The lowest BCUT2D eigenvalue weighted by molar-refractivity contribution is 0.376. The molecule has 0 unspecified atom stereocenters. The van der Waals surface area contributed by atoms with Gasteiger partial charge in [0.1, 0.15) is 0 Å². The van der Waals surface area contributed by atoms with Gasteiger partial charge in [0.2, 0.25) is 0 Å². The van der Waals surface area contributed by atoms with E-state index in [1.807, 2.05) is 0 Å². The zero-order valence-electron chi connectivity index (χ0n) is 12.2. The molecular weight excluding hydrogens is 256 g/mol. The predicted octanol–water partition coefficient (Wildman–Crippen LogP) is 5.66. The third kappa shape index (κ3) is 3.39. The third-order valence-electron chi connectivity index (χ3n) is 4.16. The topological polar surface area (TPSA) is 0 Å². The quantitative estimate of drug-likeness (QED) is 0.641. The zero-order chi connectivity index (χ0) is 13.2. The Bertz CT molecular complexity index is 357. The summed E-state index contributed by atoms with van der Waals surface area (Å²) in [5, 5.41) is 0. The highest BCUT2D eigenvalue weighted by Gasteiger charge is 2.29. The summed E-state index contributed by atoms with van der Waals surface area (Å²) in [4.78, 5) is 0. The van der Waals surface area contributed by atoms with E-state index < -0.39 is 0 Å². The average molecular weight is 283 g/mol. The lowest BCUT2D eigenvalue weighted by Crippen LogP contribution is -2.21. The number of allylic oxidation sites excluding steroid dienone is 3. The van der Waals surface area contributed by atoms with Gasteiger partial charge in [-0.2, -0.15) is 0 Å². The smallest absolute Gasteiger partial charge is 0.0766 e. The molecule has 102 valence electrons. The number of rotatable bonds is 2. The highest BCUT2D eigenvalue weighted by atomic mass is 32.2. The van der Waals surface area contributed by atoms with E-state index in [-0.39, 0.29) is 0 Å². The third-order valence-corrected chi connectivity index (χ3v) is 7.27. The van der Waals surface area contributed by atoms with Crippen molar-refractivity contribution in [3.05, 3.63) is 23.3 Å². The molecule has 1 aliphatic carbocycles. The summed E-state index contributed by atoms with van der Waals surface area (Å²) in [6.07, 6.45) is 10.3. The van der Waals surface area contributed by atoms with Crippen LogP contribution in [0, 0.1) is 5.41 Å². The Labute approximate surface area is 121 Å². The maximum Gasteiger partial charge on any atom is 0.0766 e. The highest BCUT2D eigenvalue weighted by molar-refractivity contribution is 8.19. The molecule has 0 nitrogen and oxygen atoms in total. The van der Waals surface area contributed by atoms with Crippen LogP contribution in [0.25, 0.3) is 0 Å². The van der Waals surface area contributed by atoms with Crippen molar-refractivity contribution in [2.45, 2.75) is 57.5 Å². The molecule has 0 N–H and O–H groups in total. The molecule has 1 heterocycles. The van der Waals surface area contributed by atoms with E-state index >= 15 is 0 Å². The summed E-state index contributed by atoms with van der Waals surface area (Å²) < 4.78 is 0.305. The summed E-state index contributed by atoms with van der Waals surface area (Å²) in [5.41, 5.74) is 3.58. The van der Waals surface area contributed by atoms with E-state index in [1.165, 1.54) is 37.2 Å². The van der Waals surface area contributed by atoms with Crippen molar-refractivity contribution in [2.75, 3.05) is 11.5 Å². The van der Waals surface area contributed by atoms with Crippen LogP contribution in [0.3, 0.4) is 0 Å². The maximum atomic E-state index is 2.47. The van der Waals surface area contributed by atoms with E-state index in [1.54, 1.807) is 11.1 Å². The predicted molar refractivity (Wildman–Crippen MR) is 87.4 cm³/mol. The second-order valence-electron chi connectivity index (χ2n) is 6.33. The summed E-state index contributed by atoms with van der Waals surface area (Å²) in [5.74, 6) is 2.63. The van der Waals surface area contributed by atoms with Gasteiger partial charge in [-0.25, -0.2) is 0 Å². The van der Waals surface area contributed by atoms with Crippen molar-refractivity contribution in [3.8, 4) is 0 Å². The Balaban J connectivity index is 2.16. The van der Waals surface area contributed by atoms with E-state index in [4.69, 9.17) is 0 Å². The second-order valence-corrected chi connectivity index (χ2v) is 9.68. The normalized spacial score (nSPS) is 27.8. The Morgan fingerprint density at radius 2 is 1.72 bits per heavy atom. The summed E-state index contributed by atoms with van der Waals surface area (Å²) in [6, 6.07) is 0. The van der Waals surface area contributed by atoms with Crippen molar-refractivity contribution in [2.24, 2.45) is 5.41 Å². The van der Waals surface area contributed by atoms with Gasteiger partial charge >= 0.3 is 0 Å². The fourth-order valence-electron chi connectivity index (χ4n) is 2.99. The van der Waals surface area contributed by atoms with E-state index in [2.05, 4.69) is 63.4 Å². The van der Waals surface area contributed by atoms with Gasteiger partial charge in [0.25, 0.3) is 0 Å². The van der Waals surface area contributed by atoms with Crippen LogP contribution in [0.1, 0.15) is 53.4 Å². The van der Waals surface area contributed by atoms with Crippen LogP contribution >= 0.6 is 23.5 Å². The molecule has 0 bridgehead atoms. The Kier molecular flexibility index (Phi) is 4.59. The Hall–Kier alpha value is 0.180. The fraction of sp³-hybridized carbons (Fsp3) is 0.750. The zero-order valence-corrected chi connectivity index (χ0v) is 13.8. The van der Waals surface area contributed by atoms with E-state index in [0.717, 1.165) is 0 Å². The number of hydrogen-bond acceptors (Lipinski definition) is 2. The second kappa shape index (κ2) is 5.66. The minimum Gasteiger partial charge on any atom is -0.140 e. The molecule has 2 rings (SSSR count). The Morgan fingerprint density at radius 1 is 1.06 bits per heavy atom. The van der Waals surface area contributed by atoms with E-state index in [9.17, 15) is 0 Å². The van der Waals surface area contributed by atoms with Gasteiger partial charge in [-0.15, -0.1) is 23.5 Å². The first kappa shape index (κ1) is 14.6. The largest absolute Gasteiger partial charge is 0.140 e. The first-order valence-corrected chi connectivity index (χ1v) is 9.07. The molecule has 0 amide bonds. The molecule has 0 saturated carbocycles. The van der Waals surface area contributed by atoms with Crippen LogP contribution < -0.4 is 0 Å². The molecule has 18 heavy (non-hydrogen) atoms. The fourth-order valence-corrected chi connectivity index (χ4v) is 5.72. The molecule has 0 aromatic heterocycles. The van der Waals surface area contributed by atoms with Gasteiger partial charge in [0, 0.05) is 0 Å². The molecule has 1 saturated heterocycles. The lowest BCUT2D eigenvalue weighted by Gasteiger charge is -2.34. The van der Waals surface area contributed by atoms with Crippen LogP contribution in [0.15, 0.2) is 23.3 Å². The van der Waals surface area contributed by atoms with Gasteiger partial charge in [0.05, 0.1) is 4.08 Å². The average Bonchev–Trinajstić information content (AvgIpc) is 2.28. The van der Waals surface area contributed by atoms with Gasteiger partial charge in [-0.3, -0.25) is 0 Å². The Morgan fingerprint density at radius 3 is 2.33 bits per heavy atom. The van der Waals surface area contributed by atoms with Gasteiger partial charge in [0.15, 0.2) is 0 Å². The van der Waals surface area contributed by atoms with Crippen LogP contribution in [-0.2, 0) is 0 Å². The molecule has 0 atom stereocenters. The maximum absolute atomic E-state index is 2.47. The molecule has 0 radical (unpaired) electrons. The molecular formula is C16H26S2. The van der Waals surface area contributed by atoms with Crippen molar-refractivity contribution >= 4 is 23.5 Å². The number of thioether (sulfide) groups is 2. The molecule has 2 aliphatic rings. The minimum absolute atomic E-state index is 0.305. The highest BCUT2D eigenvalue weighted by Crippen LogP contribution is 2.45. The lowest BCUT2D eigenvalue weighted by atomic mass is 9.72.